The zero-order valence-corrected chi connectivity index (χ0v) is 59.4. The van der Waals surface area contributed by atoms with Crippen LogP contribution in [0, 0.1) is 46.1 Å². The van der Waals surface area contributed by atoms with E-state index in [4.69, 9.17) is 19.9 Å². The number of carbonyl (C=O) groups excluding carboxylic acids is 3. The Balaban J connectivity index is 0.000000205. The fraction of sp³-hybridized carbons (Fsp3) is 0.482. The number of piperidine rings is 2. The number of hydrogen-bond donors (Lipinski definition) is 2. The zero-order valence-electron chi connectivity index (χ0n) is 59.4. The fourth-order valence-electron chi connectivity index (χ4n) is 16.3. The lowest BCUT2D eigenvalue weighted by atomic mass is 9.63. The molecule has 2 saturated carbocycles. The standard InChI is InChI=1S/C44H56FN5O4.C39H48FN5O2/c1-43(2,3)54-42(52)48-39(27-34-16-20-40(21-17-34)53-29-35-10-6-4-7-11-35)28-36(26-33-14-18-38(45)19-15-33)41(51)49-24-22-44(23-25-49,30-50-32-46-31-47-50)37-12-8-5-9-13-37;40-35-15-11-30(12-16-35)23-33(25-36(41)24-31-13-17-37(18-14-31)47-26-32-7-3-1-4-8-32)38(46)44-21-19-39(20-22-44,27-45-29-42-28-43-45)34-9-5-2-6-10-34/h4,6-7,10-11,14-21,31-32,36-37,39H,5,8-9,12-13,22-30H2,1-3H3,(H,48,52);1,3-4,7-8,11-18,28-29,33-34,36H,2,5-6,9-10,19-27,41H2/t36-,39?;33-,36+/m00/s1. The van der Waals surface area contributed by atoms with Crippen molar-refractivity contribution >= 4 is 17.9 Å². The molecule has 1 unspecified atom stereocenters. The van der Waals surface area contributed by atoms with E-state index in [2.05, 4.69) is 42.5 Å². The van der Waals surface area contributed by atoms with Crippen molar-refractivity contribution in [3.8, 4) is 11.5 Å². The summed E-state index contributed by atoms with van der Waals surface area (Å²) < 4.78 is 49.3. The highest BCUT2D eigenvalue weighted by Gasteiger charge is 2.46. The first-order valence-electron chi connectivity index (χ1n) is 37.0. The Kier molecular flexibility index (Phi) is 26.0. The molecule has 18 heteroatoms. The Hall–Kier alpha value is -8.77. The van der Waals surface area contributed by atoms with Crippen molar-refractivity contribution in [2.75, 3.05) is 26.2 Å². The van der Waals surface area contributed by atoms with Crippen molar-refractivity contribution in [1.82, 2.24) is 44.6 Å². The Labute approximate surface area is 596 Å². The van der Waals surface area contributed by atoms with E-state index in [-0.39, 0.29) is 46.2 Å². The number of rotatable bonds is 27. The first kappa shape index (κ1) is 73.4. The first-order valence-corrected chi connectivity index (χ1v) is 37.0. The highest BCUT2D eigenvalue weighted by molar-refractivity contribution is 5.80. The second kappa shape index (κ2) is 35.7. The van der Waals surface area contributed by atoms with Crippen LogP contribution in [0.3, 0.4) is 0 Å². The van der Waals surface area contributed by atoms with Gasteiger partial charge >= 0.3 is 6.09 Å². The van der Waals surface area contributed by atoms with Crippen LogP contribution in [0.1, 0.15) is 157 Å². The van der Waals surface area contributed by atoms with Gasteiger partial charge in [0, 0.05) is 63.2 Å². The summed E-state index contributed by atoms with van der Waals surface area (Å²) in [5, 5.41) is 12.0. The molecular formula is C83H104F2N10O6. The number of halogens is 2. The molecule has 6 aromatic carbocycles. The average Bonchev–Trinajstić information content (AvgIpc) is 1.79. The molecule has 0 radical (unpaired) electrons. The molecule has 8 aromatic rings. The van der Waals surface area contributed by atoms with Gasteiger partial charge in [-0.1, -0.05) is 148 Å². The lowest BCUT2D eigenvalue weighted by Crippen LogP contribution is -2.51. The summed E-state index contributed by atoms with van der Waals surface area (Å²) in [4.78, 5) is 54.7. The van der Waals surface area contributed by atoms with Crippen molar-refractivity contribution in [3.05, 3.63) is 228 Å². The predicted octanol–water partition coefficient (Wildman–Crippen LogP) is 15.6. The third kappa shape index (κ3) is 21.9. The van der Waals surface area contributed by atoms with Gasteiger partial charge in [-0.25, -0.2) is 23.5 Å². The average molecular weight is 1380 g/mol. The molecule has 2 aliphatic carbocycles. The van der Waals surface area contributed by atoms with Crippen LogP contribution in [0.2, 0.25) is 0 Å². The van der Waals surface area contributed by atoms with Gasteiger partial charge in [-0.15, -0.1) is 0 Å². The molecular weight excluding hydrogens is 1270 g/mol. The maximum atomic E-state index is 14.7. The normalized spacial score (nSPS) is 17.7. The van der Waals surface area contributed by atoms with Crippen molar-refractivity contribution in [2.24, 2.45) is 40.2 Å². The molecule has 12 rings (SSSR count). The summed E-state index contributed by atoms with van der Waals surface area (Å²) in [6.45, 7) is 11.0. The number of nitrogens with one attached hydrogen (secondary N) is 1. The molecule has 0 spiro atoms. The smallest absolute Gasteiger partial charge is 0.407 e. The van der Waals surface area contributed by atoms with Gasteiger partial charge in [0.05, 0.1) is 0 Å². The molecule has 536 valence electrons. The molecule has 2 saturated heterocycles. The highest BCUT2D eigenvalue weighted by atomic mass is 19.1. The number of aromatic nitrogens is 6. The van der Waals surface area contributed by atoms with E-state index in [0.29, 0.717) is 76.7 Å². The molecule has 3 amide bonds. The molecule has 4 heterocycles. The minimum absolute atomic E-state index is 0.0646. The van der Waals surface area contributed by atoms with Gasteiger partial charge in [-0.2, -0.15) is 10.2 Å². The summed E-state index contributed by atoms with van der Waals surface area (Å²) in [6.07, 6.45) is 25.8. The summed E-state index contributed by atoms with van der Waals surface area (Å²) in [5.41, 5.74) is 12.4. The third-order valence-corrected chi connectivity index (χ3v) is 21.7. The van der Waals surface area contributed by atoms with Crippen molar-refractivity contribution < 1.29 is 37.4 Å². The van der Waals surface area contributed by atoms with Crippen LogP contribution >= 0.6 is 0 Å². The molecule has 4 atom stereocenters. The summed E-state index contributed by atoms with van der Waals surface area (Å²) in [6, 6.07) is 48.4. The monoisotopic (exact) mass is 1370 g/mol. The molecule has 2 aromatic heterocycles. The minimum atomic E-state index is -0.680. The van der Waals surface area contributed by atoms with Crippen LogP contribution < -0.4 is 20.5 Å². The maximum Gasteiger partial charge on any atom is 0.407 e. The molecule has 16 nitrogen and oxygen atoms in total. The van der Waals surface area contributed by atoms with Crippen LogP contribution in [0.15, 0.2) is 183 Å². The van der Waals surface area contributed by atoms with E-state index in [1.807, 2.05) is 145 Å². The van der Waals surface area contributed by atoms with Gasteiger partial charge in [-0.05, 0) is 215 Å². The maximum absolute atomic E-state index is 14.7. The van der Waals surface area contributed by atoms with Crippen molar-refractivity contribution in [3.63, 3.8) is 0 Å². The lowest BCUT2D eigenvalue weighted by Gasteiger charge is -2.48. The number of benzene rings is 6. The summed E-state index contributed by atoms with van der Waals surface area (Å²) >= 11 is 0. The van der Waals surface area contributed by atoms with E-state index in [1.54, 1.807) is 36.9 Å². The van der Waals surface area contributed by atoms with Crippen molar-refractivity contribution in [1.29, 1.82) is 0 Å². The number of alkyl carbamates (subject to hydrolysis) is 1. The van der Waals surface area contributed by atoms with E-state index >= 15 is 0 Å². The third-order valence-electron chi connectivity index (χ3n) is 21.7. The Morgan fingerprint density at radius 2 is 0.891 bits per heavy atom. The van der Waals surface area contributed by atoms with E-state index in [0.717, 1.165) is 96.7 Å². The number of amides is 3. The highest BCUT2D eigenvalue weighted by Crippen LogP contribution is 2.49. The topological polar surface area (TPSA) is 185 Å². The number of nitrogens with zero attached hydrogens (tertiary/aromatic N) is 8. The van der Waals surface area contributed by atoms with Crippen LogP contribution in [0.5, 0.6) is 11.5 Å². The van der Waals surface area contributed by atoms with E-state index < -0.39 is 23.7 Å². The van der Waals surface area contributed by atoms with Gasteiger partial charge in [0.25, 0.3) is 0 Å². The van der Waals surface area contributed by atoms with Crippen LogP contribution in [0.4, 0.5) is 13.6 Å². The Morgan fingerprint density at radius 1 is 0.505 bits per heavy atom. The molecule has 101 heavy (non-hydrogen) atoms. The SMILES string of the molecule is CC(C)(C)OC(=O)NC(Cc1ccc(OCc2ccccc2)cc1)C[C@H](Cc1ccc(F)cc1)C(=O)N1CCC(Cn2cncn2)(C2CCCCC2)CC1.N[C@H](Cc1ccc(OCc2ccccc2)cc1)C[C@H](Cc1ccc(F)cc1)C(=O)N1CCC(Cn2cncn2)(C2CCCCC2)CC1. The second-order valence-corrected chi connectivity index (χ2v) is 30.1. The van der Waals surface area contributed by atoms with Gasteiger partial charge in [0.15, 0.2) is 0 Å². The van der Waals surface area contributed by atoms with Gasteiger partial charge in [0.2, 0.25) is 11.8 Å². The van der Waals surface area contributed by atoms with Gasteiger partial charge in [-0.3, -0.25) is 19.0 Å². The summed E-state index contributed by atoms with van der Waals surface area (Å²) in [7, 11) is 0. The second-order valence-electron chi connectivity index (χ2n) is 30.1. The van der Waals surface area contributed by atoms with Crippen molar-refractivity contribution in [2.45, 2.75) is 193 Å². The van der Waals surface area contributed by atoms with Gasteiger partial charge < -0.3 is 35.1 Å². The Bertz CT molecular complexity index is 3760. The molecule has 4 aliphatic rings. The fourth-order valence-corrected chi connectivity index (χ4v) is 16.3. The first-order chi connectivity index (χ1) is 49.0. The quantitative estimate of drug-likeness (QED) is 0.0499. The largest absolute Gasteiger partial charge is 0.489 e. The van der Waals surface area contributed by atoms with E-state index in [9.17, 15) is 23.2 Å². The lowest BCUT2D eigenvalue weighted by molar-refractivity contribution is -0.140. The van der Waals surface area contributed by atoms with Crippen LogP contribution in [-0.2, 0) is 66.3 Å². The summed E-state index contributed by atoms with van der Waals surface area (Å²) in [5.74, 6) is 1.73. The number of likely N-dealkylation sites (tertiary alicyclic amines) is 2. The molecule has 3 N–H and O–H groups in total. The number of ether oxygens (including phenoxy) is 3. The van der Waals surface area contributed by atoms with Gasteiger partial charge in [0.1, 0.15) is 67.3 Å². The molecule has 2 aliphatic heterocycles. The minimum Gasteiger partial charge on any atom is -0.489 e. The predicted molar refractivity (Wildman–Crippen MR) is 389 cm³/mol. The number of hydrogen-bond acceptors (Lipinski definition) is 11. The molecule has 4 fully saturated rings. The molecule has 0 bridgehead atoms. The van der Waals surface area contributed by atoms with Crippen LogP contribution in [0.25, 0.3) is 0 Å². The number of carbonyl (C=O) groups is 3. The number of nitrogens with two attached hydrogens (primary N) is 1. The van der Waals surface area contributed by atoms with E-state index in [1.165, 1.54) is 88.5 Å². The zero-order chi connectivity index (χ0) is 70.4. The van der Waals surface area contributed by atoms with Crippen LogP contribution in [-0.4, -0.2) is 101 Å². The Morgan fingerprint density at radius 3 is 1.29 bits per heavy atom.